The molecule has 1 N–H and O–H groups in total. The molecule has 0 spiro atoms. The molecule has 10 nitrogen and oxygen atoms in total. The number of carbonyl (C=O) groups excluding carboxylic acids is 4. The zero-order chi connectivity index (χ0) is 28.6. The highest BCUT2D eigenvalue weighted by Gasteiger charge is 2.56. The normalized spacial score (nSPS) is 19.7. The average molecular weight is 648 g/mol. The van der Waals surface area contributed by atoms with Crippen molar-refractivity contribution in [1.29, 1.82) is 0 Å². The van der Waals surface area contributed by atoms with Gasteiger partial charge in [0.1, 0.15) is 11.0 Å². The van der Waals surface area contributed by atoms with E-state index in [1.54, 1.807) is 32.0 Å². The summed E-state index contributed by atoms with van der Waals surface area (Å²) in [5.74, 6) is -3.17. The number of carbonyl (C=O) groups is 4. The van der Waals surface area contributed by atoms with Gasteiger partial charge in [0.15, 0.2) is 6.61 Å². The standard InChI is InChI=1S/C27H23BrN2O8S2/c1-3-36-18(31)12-38-17-10-7-14(28)11-16(17)19-20-22(39-23-21(19)40-27(35)29-23)25(33)30(24(20)32)15-8-5-13(6-9-15)26(34)37-4-2/h5-11,19-20,22H,3-4,12H2,1-2H3,(H,29,35). The van der Waals surface area contributed by atoms with Gasteiger partial charge in [-0.2, -0.15) is 0 Å². The average Bonchev–Trinajstić information content (AvgIpc) is 3.42. The van der Waals surface area contributed by atoms with Crippen molar-refractivity contribution in [3.8, 4) is 5.75 Å². The lowest BCUT2D eigenvalue weighted by molar-refractivity contribution is -0.145. The van der Waals surface area contributed by atoms with Crippen LogP contribution in [-0.2, 0) is 23.9 Å². The molecule has 2 aliphatic heterocycles. The number of hydrogen-bond donors (Lipinski definition) is 1. The first-order valence-electron chi connectivity index (χ1n) is 12.4. The molecule has 3 heterocycles. The number of thiazole rings is 1. The Morgan fingerprint density at radius 3 is 2.42 bits per heavy atom. The molecule has 1 aromatic heterocycles. The minimum Gasteiger partial charge on any atom is -0.482 e. The number of benzene rings is 2. The predicted octanol–water partition coefficient (Wildman–Crippen LogP) is 4.11. The number of ether oxygens (including phenoxy) is 3. The lowest BCUT2D eigenvalue weighted by Gasteiger charge is -2.31. The Balaban J connectivity index is 1.55. The maximum absolute atomic E-state index is 14.0. The Bertz CT molecular complexity index is 1550. The van der Waals surface area contributed by atoms with Crippen molar-refractivity contribution in [2.45, 2.75) is 30.0 Å². The highest BCUT2D eigenvalue weighted by molar-refractivity contribution is 9.10. The number of H-pyrrole nitrogens is 1. The van der Waals surface area contributed by atoms with Gasteiger partial charge in [-0.3, -0.25) is 14.4 Å². The third kappa shape index (κ3) is 5.20. The summed E-state index contributed by atoms with van der Waals surface area (Å²) in [6.07, 6.45) is 0. The van der Waals surface area contributed by atoms with Crippen LogP contribution >= 0.6 is 39.0 Å². The van der Waals surface area contributed by atoms with Crippen LogP contribution in [0.5, 0.6) is 5.75 Å². The SMILES string of the molecule is CCOC(=O)COc1ccc(Br)cc1C1c2sc(=O)[nH]c2SC2C(=O)N(c3ccc(C(=O)OCC)cc3)C(=O)C21. The van der Waals surface area contributed by atoms with E-state index >= 15 is 0 Å². The first kappa shape index (κ1) is 28.1. The van der Waals surface area contributed by atoms with Gasteiger partial charge in [0.05, 0.1) is 35.4 Å². The second kappa shape index (κ2) is 11.6. The smallest absolute Gasteiger partial charge is 0.344 e. The molecular formula is C27H23BrN2O8S2. The largest absolute Gasteiger partial charge is 0.482 e. The molecule has 208 valence electrons. The van der Waals surface area contributed by atoms with Crippen LogP contribution < -0.4 is 14.5 Å². The lowest BCUT2D eigenvalue weighted by Crippen LogP contribution is -2.32. The van der Waals surface area contributed by atoms with E-state index < -0.39 is 40.8 Å². The van der Waals surface area contributed by atoms with E-state index in [2.05, 4.69) is 20.9 Å². The van der Waals surface area contributed by atoms with E-state index in [0.29, 0.717) is 36.9 Å². The quantitative estimate of drug-likeness (QED) is 0.284. The molecule has 0 radical (unpaired) electrons. The summed E-state index contributed by atoms with van der Waals surface area (Å²) < 4.78 is 16.5. The van der Waals surface area contributed by atoms with Gasteiger partial charge in [0, 0.05) is 20.8 Å². The molecule has 13 heteroatoms. The molecule has 2 aromatic carbocycles. The summed E-state index contributed by atoms with van der Waals surface area (Å²) in [7, 11) is 0. The number of thioether (sulfide) groups is 1. The van der Waals surface area contributed by atoms with Gasteiger partial charge in [-0.25, -0.2) is 14.5 Å². The number of imide groups is 1. The number of fused-ring (bicyclic) bond motifs is 2. The molecule has 3 atom stereocenters. The number of aromatic amines is 1. The van der Waals surface area contributed by atoms with Crippen LogP contribution in [0.2, 0.25) is 0 Å². The Hall–Kier alpha value is -3.42. The fraction of sp³-hybridized carbons (Fsp3) is 0.296. The third-order valence-electron chi connectivity index (χ3n) is 6.42. The number of hydrogen-bond acceptors (Lipinski definition) is 10. The van der Waals surface area contributed by atoms with E-state index in [-0.39, 0.29) is 24.7 Å². The van der Waals surface area contributed by atoms with Crippen LogP contribution in [-0.4, -0.2) is 53.8 Å². The molecule has 3 aromatic rings. The summed E-state index contributed by atoms with van der Waals surface area (Å²) in [6, 6.07) is 11.2. The zero-order valence-electron chi connectivity index (χ0n) is 21.3. The highest BCUT2D eigenvalue weighted by Crippen LogP contribution is 2.54. The second-order valence-electron chi connectivity index (χ2n) is 8.80. The Kier molecular flexibility index (Phi) is 8.15. The first-order chi connectivity index (χ1) is 19.2. The number of amides is 2. The van der Waals surface area contributed by atoms with E-state index in [9.17, 15) is 24.0 Å². The van der Waals surface area contributed by atoms with Gasteiger partial charge in [-0.1, -0.05) is 39.0 Å². The summed E-state index contributed by atoms with van der Waals surface area (Å²) in [5.41, 5.74) is 1.17. The van der Waals surface area contributed by atoms with E-state index in [1.165, 1.54) is 24.3 Å². The van der Waals surface area contributed by atoms with Crippen LogP contribution in [0, 0.1) is 5.92 Å². The van der Waals surface area contributed by atoms with E-state index in [4.69, 9.17) is 14.2 Å². The molecule has 0 aliphatic carbocycles. The van der Waals surface area contributed by atoms with Gasteiger partial charge in [-0.15, -0.1) is 0 Å². The molecule has 2 amide bonds. The van der Waals surface area contributed by atoms with Crippen molar-refractivity contribution in [3.05, 3.63) is 72.6 Å². The van der Waals surface area contributed by atoms with Gasteiger partial charge >= 0.3 is 16.8 Å². The molecule has 2 aliphatic rings. The summed E-state index contributed by atoms with van der Waals surface area (Å²) in [6.45, 7) is 3.47. The second-order valence-corrected chi connectivity index (χ2v) is 11.9. The molecular weight excluding hydrogens is 624 g/mol. The minimum absolute atomic E-state index is 0.201. The van der Waals surface area contributed by atoms with Gasteiger partial charge in [0.25, 0.3) is 0 Å². The van der Waals surface area contributed by atoms with Crippen molar-refractivity contribution < 1.29 is 33.4 Å². The summed E-state index contributed by atoms with van der Waals surface area (Å²) >= 11 is 5.59. The van der Waals surface area contributed by atoms with Crippen LogP contribution in [0.3, 0.4) is 0 Å². The number of esters is 2. The molecule has 1 saturated heterocycles. The Morgan fingerprint density at radius 1 is 1.00 bits per heavy atom. The first-order valence-corrected chi connectivity index (χ1v) is 14.8. The van der Waals surface area contributed by atoms with Gasteiger partial charge in [0.2, 0.25) is 11.8 Å². The van der Waals surface area contributed by atoms with Gasteiger partial charge in [-0.05, 0) is 56.3 Å². The predicted molar refractivity (Wildman–Crippen MR) is 151 cm³/mol. The summed E-state index contributed by atoms with van der Waals surface area (Å²) in [4.78, 5) is 68.4. The van der Waals surface area contributed by atoms with Crippen LogP contribution in [0.1, 0.15) is 40.6 Å². The van der Waals surface area contributed by atoms with Crippen molar-refractivity contribution in [3.63, 3.8) is 0 Å². The molecule has 0 bridgehead atoms. The topological polar surface area (TPSA) is 132 Å². The number of rotatable bonds is 8. The fourth-order valence-electron chi connectivity index (χ4n) is 4.80. The summed E-state index contributed by atoms with van der Waals surface area (Å²) in [5, 5.41) is -0.310. The van der Waals surface area contributed by atoms with Crippen molar-refractivity contribution in [2.24, 2.45) is 5.92 Å². The van der Waals surface area contributed by atoms with Crippen LogP contribution in [0.4, 0.5) is 5.69 Å². The van der Waals surface area contributed by atoms with E-state index in [0.717, 1.165) is 28.0 Å². The number of nitrogens with one attached hydrogen (secondary N) is 1. The molecule has 40 heavy (non-hydrogen) atoms. The fourth-order valence-corrected chi connectivity index (χ4v) is 7.69. The van der Waals surface area contributed by atoms with E-state index in [1.807, 2.05) is 0 Å². The van der Waals surface area contributed by atoms with Crippen molar-refractivity contribution in [2.75, 3.05) is 24.7 Å². The Morgan fingerprint density at radius 2 is 1.73 bits per heavy atom. The number of aromatic nitrogens is 1. The van der Waals surface area contributed by atoms with Crippen LogP contribution in [0.15, 0.2) is 56.8 Å². The number of anilines is 1. The molecule has 5 rings (SSSR count). The van der Waals surface area contributed by atoms with Gasteiger partial charge < -0.3 is 19.2 Å². The zero-order valence-corrected chi connectivity index (χ0v) is 24.5. The minimum atomic E-state index is -0.861. The number of halogens is 1. The van der Waals surface area contributed by atoms with Crippen molar-refractivity contribution in [1.82, 2.24) is 4.98 Å². The monoisotopic (exact) mass is 646 g/mol. The van der Waals surface area contributed by atoms with Crippen LogP contribution in [0.25, 0.3) is 0 Å². The maximum atomic E-state index is 14.0. The molecule has 3 unspecified atom stereocenters. The molecule has 1 fully saturated rings. The lowest BCUT2D eigenvalue weighted by atomic mass is 9.82. The highest BCUT2D eigenvalue weighted by atomic mass is 79.9. The third-order valence-corrected chi connectivity index (χ3v) is 9.31. The van der Waals surface area contributed by atoms with Crippen molar-refractivity contribution >= 4 is 68.5 Å². The Labute approximate surface area is 245 Å². The number of nitrogens with zero attached hydrogens (tertiary/aromatic N) is 1. The maximum Gasteiger partial charge on any atom is 0.344 e. The molecule has 0 saturated carbocycles.